The summed E-state index contributed by atoms with van der Waals surface area (Å²) >= 11 is 0. The quantitative estimate of drug-likeness (QED) is 0.443. The largest absolute Gasteiger partial charge is 0.733 e. The Morgan fingerprint density at radius 2 is 1.97 bits per heavy atom. The molecule has 3 aromatic rings. The zero-order chi connectivity index (χ0) is 23.1. The van der Waals surface area contributed by atoms with Gasteiger partial charge in [-0.15, -0.1) is 0 Å². The summed E-state index contributed by atoms with van der Waals surface area (Å²) in [5.41, 5.74) is 3.54. The van der Waals surface area contributed by atoms with Gasteiger partial charge in [-0.3, -0.25) is 14.8 Å². The van der Waals surface area contributed by atoms with Gasteiger partial charge in [0.05, 0.1) is 18.3 Å². The van der Waals surface area contributed by atoms with Crippen molar-refractivity contribution in [2.45, 2.75) is 44.7 Å². The van der Waals surface area contributed by atoms with Gasteiger partial charge in [0.25, 0.3) is 0 Å². The van der Waals surface area contributed by atoms with Crippen LogP contribution in [0.3, 0.4) is 0 Å². The number of carbonyl (C=O) groups excluding carboxylic acids is 2. The molecule has 1 saturated heterocycles. The molecule has 2 aromatic carbocycles. The molecule has 172 valence electrons. The van der Waals surface area contributed by atoms with Crippen molar-refractivity contribution in [1.82, 2.24) is 14.8 Å². The average Bonchev–Trinajstić information content (AvgIpc) is 3.19. The van der Waals surface area contributed by atoms with Crippen molar-refractivity contribution in [3.8, 4) is 0 Å². The van der Waals surface area contributed by atoms with E-state index in [1.54, 1.807) is 21.9 Å². The van der Waals surface area contributed by atoms with Crippen LogP contribution in [0.25, 0.3) is 10.9 Å². The standard InChI is InChI=1S/C25H27N4O4/c1-2-3-6-12-27-15-22(30)28-21(25(27)31)14-19-18-10-4-5-11-20(18)26-23(19)24(28)16-8-7-9-17(13-16)29(32)33/h4-5,7-11,13,21,24,26,32H,2-3,6,12,14-15H2,1H3/q-1/t21-,24?/m0/s1. The average molecular weight is 448 g/mol. The molecule has 2 atom stereocenters. The van der Waals surface area contributed by atoms with Gasteiger partial charge in [-0.2, -0.15) is 0 Å². The fraction of sp³-hybridized carbons (Fsp3) is 0.360. The number of amides is 2. The van der Waals surface area contributed by atoms with Crippen molar-refractivity contribution in [3.63, 3.8) is 0 Å². The molecule has 0 bridgehead atoms. The Bertz CT molecular complexity index is 1200. The van der Waals surface area contributed by atoms with Crippen LogP contribution in [0.15, 0.2) is 48.5 Å². The molecular formula is C25H27N4O4-. The molecule has 0 radical (unpaired) electrons. The van der Waals surface area contributed by atoms with Crippen LogP contribution in [0.4, 0.5) is 5.69 Å². The number of piperazine rings is 1. The summed E-state index contributed by atoms with van der Waals surface area (Å²) in [5, 5.41) is 21.9. The summed E-state index contributed by atoms with van der Waals surface area (Å²) < 4.78 is 0. The maximum atomic E-state index is 13.5. The molecule has 8 heteroatoms. The lowest BCUT2D eigenvalue weighted by molar-refractivity contribution is -0.158. The highest BCUT2D eigenvalue weighted by Gasteiger charge is 2.48. The van der Waals surface area contributed by atoms with E-state index in [2.05, 4.69) is 11.9 Å². The fourth-order valence-electron chi connectivity index (χ4n) is 5.23. The molecule has 8 nitrogen and oxygen atoms in total. The number of nitrogens with one attached hydrogen (secondary N) is 1. The van der Waals surface area contributed by atoms with E-state index < -0.39 is 12.1 Å². The minimum Gasteiger partial charge on any atom is -0.733 e. The number of hydrogen-bond donors (Lipinski definition) is 2. The Hall–Kier alpha value is -3.36. The maximum absolute atomic E-state index is 13.5. The summed E-state index contributed by atoms with van der Waals surface area (Å²) in [5.74, 6) is -0.144. The predicted molar refractivity (Wildman–Crippen MR) is 125 cm³/mol. The van der Waals surface area contributed by atoms with Crippen molar-refractivity contribution in [1.29, 1.82) is 0 Å². The van der Waals surface area contributed by atoms with E-state index in [0.717, 1.165) is 41.4 Å². The third-order valence-electron chi connectivity index (χ3n) is 6.78. The molecule has 2 aliphatic rings. The molecule has 2 N–H and O–H groups in total. The molecule has 3 heterocycles. The van der Waals surface area contributed by atoms with Gasteiger partial charge in [0.1, 0.15) is 6.04 Å². The molecule has 0 aliphatic carbocycles. The lowest BCUT2D eigenvalue weighted by Crippen LogP contribution is -2.63. The number of rotatable bonds is 6. The number of unbranched alkanes of at least 4 members (excludes halogenated alkanes) is 2. The second-order valence-corrected chi connectivity index (χ2v) is 8.82. The van der Waals surface area contributed by atoms with E-state index in [-0.39, 0.29) is 29.3 Å². The van der Waals surface area contributed by atoms with Crippen LogP contribution in [0.2, 0.25) is 0 Å². The summed E-state index contributed by atoms with van der Waals surface area (Å²) in [6.45, 7) is 2.75. The Kier molecular flexibility index (Phi) is 5.55. The van der Waals surface area contributed by atoms with Gasteiger partial charge in [0.2, 0.25) is 11.8 Å². The summed E-state index contributed by atoms with van der Waals surface area (Å²) in [6, 6.07) is 13.3. The minimum atomic E-state index is -0.606. The molecule has 0 saturated carbocycles. The topological polar surface area (TPSA) is 103 Å². The lowest BCUT2D eigenvalue weighted by atomic mass is 9.86. The zero-order valence-corrected chi connectivity index (χ0v) is 18.5. The number of aromatic nitrogens is 1. The van der Waals surface area contributed by atoms with Crippen molar-refractivity contribution < 1.29 is 14.8 Å². The van der Waals surface area contributed by atoms with E-state index in [4.69, 9.17) is 0 Å². The third kappa shape index (κ3) is 3.65. The second kappa shape index (κ2) is 8.53. The lowest BCUT2D eigenvalue weighted by Gasteiger charge is -2.47. The number of hydrogen-bond acceptors (Lipinski definition) is 5. The number of H-pyrrole nitrogens is 1. The third-order valence-corrected chi connectivity index (χ3v) is 6.78. The van der Waals surface area contributed by atoms with Crippen molar-refractivity contribution in [3.05, 3.63) is 70.6 Å². The highest BCUT2D eigenvalue weighted by Crippen LogP contribution is 2.43. The number of benzene rings is 2. The van der Waals surface area contributed by atoms with Gasteiger partial charge in [-0.25, -0.2) is 0 Å². The Morgan fingerprint density at radius 1 is 1.15 bits per heavy atom. The normalized spacial score (nSPS) is 20.2. The van der Waals surface area contributed by atoms with E-state index in [0.29, 0.717) is 18.5 Å². The molecule has 1 fully saturated rings. The van der Waals surface area contributed by atoms with Crippen LogP contribution in [0.5, 0.6) is 0 Å². The summed E-state index contributed by atoms with van der Waals surface area (Å²) in [6.07, 6.45) is 3.38. The van der Waals surface area contributed by atoms with E-state index >= 15 is 0 Å². The van der Waals surface area contributed by atoms with Crippen LogP contribution in [0, 0.1) is 5.21 Å². The Labute approximate surface area is 191 Å². The molecule has 33 heavy (non-hydrogen) atoms. The maximum Gasteiger partial charge on any atom is 0.246 e. The highest BCUT2D eigenvalue weighted by atomic mass is 16.8. The van der Waals surface area contributed by atoms with Gasteiger partial charge < -0.3 is 25.2 Å². The number of aromatic amines is 1. The van der Waals surface area contributed by atoms with E-state index in [1.165, 1.54) is 6.07 Å². The zero-order valence-electron chi connectivity index (χ0n) is 18.5. The van der Waals surface area contributed by atoms with E-state index in [9.17, 15) is 20.0 Å². The molecule has 1 aromatic heterocycles. The molecule has 5 rings (SSSR count). The minimum absolute atomic E-state index is 0.0320. The molecular weight excluding hydrogens is 420 g/mol. The smallest absolute Gasteiger partial charge is 0.246 e. The second-order valence-electron chi connectivity index (χ2n) is 8.82. The monoisotopic (exact) mass is 447 g/mol. The Balaban J connectivity index is 1.63. The number of carbonyl (C=O) groups is 2. The SMILES string of the molecule is CCCCCN1CC(=O)N2C(c3cccc(N([O-])O)c3)c3[nH]c4ccccc4c3C[C@H]2C1=O. The van der Waals surface area contributed by atoms with Gasteiger partial charge in [0, 0.05) is 29.6 Å². The summed E-state index contributed by atoms with van der Waals surface area (Å²) in [4.78, 5) is 33.8. The molecule has 2 amide bonds. The first-order valence-corrected chi connectivity index (χ1v) is 11.4. The molecule has 2 aliphatic heterocycles. The van der Waals surface area contributed by atoms with Crippen molar-refractivity contribution in [2.24, 2.45) is 0 Å². The first-order valence-electron chi connectivity index (χ1n) is 11.4. The highest BCUT2D eigenvalue weighted by molar-refractivity contribution is 5.97. The van der Waals surface area contributed by atoms with Gasteiger partial charge in [0.15, 0.2) is 0 Å². The van der Waals surface area contributed by atoms with Crippen molar-refractivity contribution in [2.75, 3.05) is 18.3 Å². The number of anilines is 1. The first kappa shape index (κ1) is 21.5. The van der Waals surface area contributed by atoms with Crippen LogP contribution >= 0.6 is 0 Å². The Morgan fingerprint density at radius 3 is 2.76 bits per heavy atom. The number of fused-ring (bicyclic) bond motifs is 4. The van der Waals surface area contributed by atoms with Gasteiger partial charge >= 0.3 is 0 Å². The van der Waals surface area contributed by atoms with Crippen LogP contribution in [-0.4, -0.2) is 50.9 Å². The van der Waals surface area contributed by atoms with Crippen LogP contribution in [0.1, 0.15) is 49.0 Å². The first-order chi connectivity index (χ1) is 16.0. The van der Waals surface area contributed by atoms with E-state index in [1.807, 2.05) is 30.3 Å². The fourth-order valence-corrected chi connectivity index (χ4v) is 5.23. The molecule has 0 spiro atoms. The van der Waals surface area contributed by atoms with Gasteiger partial charge in [-0.05, 0) is 35.7 Å². The van der Waals surface area contributed by atoms with Crippen LogP contribution in [-0.2, 0) is 16.0 Å². The van der Waals surface area contributed by atoms with Crippen LogP contribution < -0.4 is 5.23 Å². The van der Waals surface area contributed by atoms with Gasteiger partial charge in [-0.1, -0.05) is 50.1 Å². The number of para-hydroxylation sites is 1. The number of nitrogens with zero attached hydrogens (tertiary/aromatic N) is 3. The predicted octanol–water partition coefficient (Wildman–Crippen LogP) is 3.74. The van der Waals surface area contributed by atoms with Crippen molar-refractivity contribution >= 4 is 28.4 Å². The summed E-state index contributed by atoms with van der Waals surface area (Å²) in [7, 11) is 0. The molecule has 1 unspecified atom stereocenters.